The second-order valence-electron chi connectivity index (χ2n) is 5.91. The summed E-state index contributed by atoms with van der Waals surface area (Å²) < 4.78 is 18.3. The van der Waals surface area contributed by atoms with Crippen molar-refractivity contribution in [3.8, 4) is 5.75 Å². The molecule has 0 atom stereocenters. The maximum atomic E-state index is 12.8. The van der Waals surface area contributed by atoms with Crippen molar-refractivity contribution < 1.29 is 18.7 Å². The van der Waals surface area contributed by atoms with E-state index in [1.807, 2.05) is 12.1 Å². The number of halogens is 1. The summed E-state index contributed by atoms with van der Waals surface area (Å²) in [5.74, 6) is 0.179. The van der Waals surface area contributed by atoms with Crippen LogP contribution >= 0.6 is 0 Å². The molecule has 6 heteroatoms. The van der Waals surface area contributed by atoms with Gasteiger partial charge in [-0.2, -0.15) is 0 Å². The number of benzene rings is 2. The van der Waals surface area contributed by atoms with E-state index in [-0.39, 0.29) is 17.6 Å². The number of hydrogen-bond donors (Lipinski definition) is 2. The molecule has 0 bridgehead atoms. The summed E-state index contributed by atoms with van der Waals surface area (Å²) in [6.07, 6.45) is 1.89. The molecule has 2 rings (SSSR count). The maximum Gasteiger partial charge on any atom is 0.224 e. The molecular weight excluding hydrogens is 335 g/mol. The summed E-state index contributed by atoms with van der Waals surface area (Å²) >= 11 is 0. The monoisotopic (exact) mass is 358 g/mol. The SMILES string of the molecule is CC(=O)Nc1ccc(CC(=O)NCCCCOc2ccc(F)cc2)cc1. The minimum Gasteiger partial charge on any atom is -0.494 e. The number of unbranched alkanes of at least 4 members (excludes halogenated alkanes) is 1. The minimum atomic E-state index is -0.287. The first-order valence-corrected chi connectivity index (χ1v) is 8.54. The molecule has 0 aliphatic rings. The fraction of sp³-hybridized carbons (Fsp3) is 0.300. The van der Waals surface area contributed by atoms with Gasteiger partial charge in [-0.25, -0.2) is 4.39 Å². The van der Waals surface area contributed by atoms with Gasteiger partial charge >= 0.3 is 0 Å². The molecule has 0 radical (unpaired) electrons. The van der Waals surface area contributed by atoms with Crippen molar-refractivity contribution in [3.05, 3.63) is 59.9 Å². The number of hydrogen-bond acceptors (Lipinski definition) is 3. The molecule has 26 heavy (non-hydrogen) atoms. The Morgan fingerprint density at radius 2 is 1.69 bits per heavy atom. The lowest BCUT2D eigenvalue weighted by molar-refractivity contribution is -0.120. The summed E-state index contributed by atoms with van der Waals surface area (Å²) in [5.41, 5.74) is 1.60. The average molecular weight is 358 g/mol. The van der Waals surface area contributed by atoms with E-state index in [2.05, 4.69) is 10.6 Å². The largest absolute Gasteiger partial charge is 0.494 e. The van der Waals surface area contributed by atoms with E-state index in [1.54, 1.807) is 24.3 Å². The number of carbonyl (C=O) groups excluding carboxylic acids is 2. The van der Waals surface area contributed by atoms with Crippen LogP contribution in [0.1, 0.15) is 25.3 Å². The molecule has 0 aliphatic heterocycles. The number of nitrogens with one attached hydrogen (secondary N) is 2. The summed E-state index contributed by atoms with van der Waals surface area (Å²) in [6.45, 7) is 2.55. The molecule has 0 aliphatic carbocycles. The van der Waals surface area contributed by atoms with Crippen molar-refractivity contribution in [1.82, 2.24) is 5.32 Å². The van der Waals surface area contributed by atoms with E-state index in [9.17, 15) is 14.0 Å². The van der Waals surface area contributed by atoms with Gasteiger partial charge in [0.05, 0.1) is 13.0 Å². The highest BCUT2D eigenvalue weighted by atomic mass is 19.1. The second-order valence-corrected chi connectivity index (χ2v) is 5.91. The van der Waals surface area contributed by atoms with Gasteiger partial charge in [-0.1, -0.05) is 12.1 Å². The van der Waals surface area contributed by atoms with Crippen molar-refractivity contribution in [2.45, 2.75) is 26.2 Å². The number of amides is 2. The minimum absolute atomic E-state index is 0.0447. The van der Waals surface area contributed by atoms with Crippen LogP contribution < -0.4 is 15.4 Å². The first kappa shape index (κ1) is 19.4. The van der Waals surface area contributed by atoms with E-state index in [1.165, 1.54) is 19.1 Å². The van der Waals surface area contributed by atoms with Gasteiger partial charge in [-0.3, -0.25) is 9.59 Å². The summed E-state index contributed by atoms with van der Waals surface area (Å²) in [6, 6.07) is 13.1. The molecular formula is C20H23FN2O3. The fourth-order valence-electron chi connectivity index (χ4n) is 2.33. The first-order chi connectivity index (χ1) is 12.5. The Labute approximate surface area is 152 Å². The van der Waals surface area contributed by atoms with Crippen LogP contribution in [-0.2, 0) is 16.0 Å². The van der Waals surface area contributed by atoms with Crippen molar-refractivity contribution in [2.24, 2.45) is 0 Å². The van der Waals surface area contributed by atoms with Crippen LogP contribution in [-0.4, -0.2) is 25.0 Å². The standard InChI is InChI=1S/C20H23FN2O3/c1-15(24)23-18-8-4-16(5-9-18)14-20(25)22-12-2-3-13-26-19-10-6-17(21)7-11-19/h4-11H,2-3,12-14H2,1H3,(H,22,25)(H,23,24). The average Bonchev–Trinajstić information content (AvgIpc) is 2.61. The predicted octanol–water partition coefficient (Wildman–Crippen LogP) is 3.30. The highest BCUT2D eigenvalue weighted by Gasteiger charge is 2.03. The zero-order chi connectivity index (χ0) is 18.8. The van der Waals surface area contributed by atoms with Crippen molar-refractivity contribution in [3.63, 3.8) is 0 Å². The molecule has 0 unspecified atom stereocenters. The fourth-order valence-corrected chi connectivity index (χ4v) is 2.33. The third-order valence-electron chi connectivity index (χ3n) is 3.61. The molecule has 0 aromatic heterocycles. The molecule has 0 spiro atoms. The molecule has 2 aromatic carbocycles. The molecule has 0 saturated carbocycles. The van der Waals surface area contributed by atoms with Gasteiger partial charge < -0.3 is 15.4 Å². The van der Waals surface area contributed by atoms with E-state index in [4.69, 9.17) is 4.74 Å². The van der Waals surface area contributed by atoms with Crippen LogP contribution in [0.5, 0.6) is 5.75 Å². The number of rotatable bonds is 9. The quantitative estimate of drug-likeness (QED) is 0.676. The Kier molecular flexibility index (Phi) is 7.61. The van der Waals surface area contributed by atoms with Crippen LogP contribution in [0.4, 0.5) is 10.1 Å². The molecule has 0 saturated heterocycles. The second kappa shape index (κ2) is 10.2. The van der Waals surface area contributed by atoms with Crippen LogP contribution in [0.3, 0.4) is 0 Å². The molecule has 138 valence electrons. The number of anilines is 1. The lowest BCUT2D eigenvalue weighted by Crippen LogP contribution is -2.26. The predicted molar refractivity (Wildman–Crippen MR) is 98.6 cm³/mol. The lowest BCUT2D eigenvalue weighted by atomic mass is 10.1. The van der Waals surface area contributed by atoms with E-state index >= 15 is 0 Å². The highest BCUT2D eigenvalue weighted by Crippen LogP contribution is 2.12. The van der Waals surface area contributed by atoms with Gasteiger partial charge in [0.1, 0.15) is 11.6 Å². The maximum absolute atomic E-state index is 12.8. The van der Waals surface area contributed by atoms with Crippen molar-refractivity contribution in [1.29, 1.82) is 0 Å². The highest BCUT2D eigenvalue weighted by molar-refractivity contribution is 5.88. The van der Waals surface area contributed by atoms with Crippen LogP contribution in [0.15, 0.2) is 48.5 Å². The number of ether oxygens (including phenoxy) is 1. The third kappa shape index (κ3) is 7.34. The summed E-state index contributed by atoms with van der Waals surface area (Å²) in [4.78, 5) is 22.9. The Morgan fingerprint density at radius 1 is 1.00 bits per heavy atom. The molecule has 2 aromatic rings. The zero-order valence-electron chi connectivity index (χ0n) is 14.8. The van der Waals surface area contributed by atoms with Crippen LogP contribution in [0.25, 0.3) is 0 Å². The Balaban J connectivity index is 1.58. The van der Waals surface area contributed by atoms with Crippen molar-refractivity contribution in [2.75, 3.05) is 18.5 Å². The zero-order valence-corrected chi connectivity index (χ0v) is 14.8. The summed E-state index contributed by atoms with van der Waals surface area (Å²) in [7, 11) is 0. The van der Waals surface area contributed by atoms with E-state index in [0.29, 0.717) is 31.0 Å². The van der Waals surface area contributed by atoms with Crippen LogP contribution in [0, 0.1) is 5.82 Å². The molecule has 0 fully saturated rings. The van der Waals surface area contributed by atoms with Gasteiger partial charge in [0.15, 0.2) is 0 Å². The first-order valence-electron chi connectivity index (χ1n) is 8.54. The molecule has 0 heterocycles. The topological polar surface area (TPSA) is 67.4 Å². The Bertz CT molecular complexity index is 715. The Hall–Kier alpha value is -2.89. The van der Waals surface area contributed by atoms with Crippen molar-refractivity contribution >= 4 is 17.5 Å². The van der Waals surface area contributed by atoms with Gasteiger partial charge in [-0.15, -0.1) is 0 Å². The third-order valence-corrected chi connectivity index (χ3v) is 3.61. The van der Waals surface area contributed by atoms with Gasteiger partial charge in [0, 0.05) is 19.2 Å². The van der Waals surface area contributed by atoms with E-state index < -0.39 is 0 Å². The van der Waals surface area contributed by atoms with Gasteiger partial charge in [0.25, 0.3) is 0 Å². The molecule has 5 nitrogen and oxygen atoms in total. The Morgan fingerprint density at radius 3 is 2.35 bits per heavy atom. The molecule has 2 N–H and O–H groups in total. The van der Waals surface area contributed by atoms with E-state index in [0.717, 1.165) is 18.4 Å². The van der Waals surface area contributed by atoms with Crippen LogP contribution in [0.2, 0.25) is 0 Å². The molecule has 2 amide bonds. The van der Waals surface area contributed by atoms with Gasteiger partial charge in [-0.05, 0) is 54.8 Å². The normalized spacial score (nSPS) is 10.2. The van der Waals surface area contributed by atoms with Gasteiger partial charge in [0.2, 0.25) is 11.8 Å². The smallest absolute Gasteiger partial charge is 0.224 e. The summed E-state index contributed by atoms with van der Waals surface area (Å²) in [5, 5.41) is 5.55. The number of carbonyl (C=O) groups is 2. The lowest BCUT2D eigenvalue weighted by Gasteiger charge is -2.08.